The van der Waals surface area contributed by atoms with E-state index in [0.29, 0.717) is 36.8 Å². The molecule has 0 aliphatic carbocycles. The van der Waals surface area contributed by atoms with Crippen molar-refractivity contribution in [1.82, 2.24) is 5.32 Å². The standard InChI is InChI=1S/C28H28N2O4/c1-2-32-27-16-20(15-23(17-29)28(31)30-18-24-10-6-14-33-24)12-13-26(27)34-19-22-9-5-8-21-7-3-4-11-25(21)22/h3-5,7-9,11-13,15-16,24H,2,6,10,14,18-19H2,1H3,(H,30,31)/b23-15+/t24-/m0/s1. The molecule has 0 unspecified atom stereocenters. The van der Waals surface area contributed by atoms with Crippen LogP contribution in [0.3, 0.4) is 0 Å². The summed E-state index contributed by atoms with van der Waals surface area (Å²) in [5.74, 6) is 0.758. The van der Waals surface area contributed by atoms with Crippen molar-refractivity contribution in [3.05, 3.63) is 77.4 Å². The van der Waals surface area contributed by atoms with E-state index in [2.05, 4.69) is 23.5 Å². The van der Waals surface area contributed by atoms with Crippen LogP contribution in [0.15, 0.2) is 66.2 Å². The predicted octanol–water partition coefficient (Wildman–Crippen LogP) is 5.02. The number of amides is 1. The maximum Gasteiger partial charge on any atom is 0.262 e. The number of nitrogens with one attached hydrogen (secondary N) is 1. The smallest absolute Gasteiger partial charge is 0.262 e. The van der Waals surface area contributed by atoms with Crippen molar-refractivity contribution < 1.29 is 19.0 Å². The molecule has 3 aromatic carbocycles. The molecule has 1 fully saturated rings. The zero-order chi connectivity index (χ0) is 23.8. The van der Waals surface area contributed by atoms with Crippen LogP contribution in [-0.4, -0.2) is 31.8 Å². The molecule has 6 heteroatoms. The fraction of sp³-hybridized carbons (Fsp3) is 0.286. The van der Waals surface area contributed by atoms with Crippen LogP contribution in [0.2, 0.25) is 0 Å². The highest BCUT2D eigenvalue weighted by Gasteiger charge is 2.18. The van der Waals surface area contributed by atoms with Crippen LogP contribution in [-0.2, 0) is 16.1 Å². The number of ether oxygens (including phenoxy) is 3. The van der Waals surface area contributed by atoms with Crippen LogP contribution in [0.25, 0.3) is 16.8 Å². The van der Waals surface area contributed by atoms with E-state index in [4.69, 9.17) is 14.2 Å². The lowest BCUT2D eigenvalue weighted by Crippen LogP contribution is -2.32. The fourth-order valence-electron chi connectivity index (χ4n) is 4.00. The van der Waals surface area contributed by atoms with E-state index in [9.17, 15) is 10.1 Å². The number of rotatable bonds is 9. The number of carbonyl (C=O) groups excluding carboxylic acids is 1. The minimum absolute atomic E-state index is 0.0200. The molecule has 1 aliphatic rings. The third kappa shape index (κ3) is 5.75. The van der Waals surface area contributed by atoms with Gasteiger partial charge in [-0.25, -0.2) is 0 Å². The fourth-order valence-corrected chi connectivity index (χ4v) is 4.00. The van der Waals surface area contributed by atoms with Crippen molar-refractivity contribution in [2.24, 2.45) is 0 Å². The van der Waals surface area contributed by atoms with Gasteiger partial charge in [0.1, 0.15) is 18.2 Å². The van der Waals surface area contributed by atoms with Crippen LogP contribution in [0, 0.1) is 11.3 Å². The summed E-state index contributed by atoms with van der Waals surface area (Å²) in [5, 5.41) is 14.6. The Labute approximate surface area is 199 Å². The van der Waals surface area contributed by atoms with E-state index >= 15 is 0 Å². The van der Waals surface area contributed by atoms with Gasteiger partial charge in [-0.1, -0.05) is 48.5 Å². The molecule has 1 aliphatic heterocycles. The second kappa shape index (κ2) is 11.4. The van der Waals surface area contributed by atoms with Gasteiger partial charge in [-0.3, -0.25) is 4.79 Å². The van der Waals surface area contributed by atoms with Crippen LogP contribution < -0.4 is 14.8 Å². The Morgan fingerprint density at radius 3 is 2.79 bits per heavy atom. The molecule has 1 atom stereocenters. The molecular formula is C28H28N2O4. The molecule has 34 heavy (non-hydrogen) atoms. The summed E-state index contributed by atoms with van der Waals surface area (Å²) < 4.78 is 17.4. The zero-order valence-electron chi connectivity index (χ0n) is 19.3. The monoisotopic (exact) mass is 456 g/mol. The first-order valence-electron chi connectivity index (χ1n) is 11.6. The molecule has 1 amide bonds. The first-order chi connectivity index (χ1) is 16.7. The molecule has 0 aromatic heterocycles. The van der Waals surface area contributed by atoms with Gasteiger partial charge in [0.25, 0.3) is 5.91 Å². The summed E-state index contributed by atoms with van der Waals surface area (Å²) in [6.07, 6.45) is 3.49. The number of nitrogens with zero attached hydrogens (tertiary/aromatic N) is 1. The second-order valence-electron chi connectivity index (χ2n) is 8.08. The van der Waals surface area contributed by atoms with Gasteiger partial charge < -0.3 is 19.5 Å². The van der Waals surface area contributed by atoms with Gasteiger partial charge in [-0.15, -0.1) is 0 Å². The lowest BCUT2D eigenvalue weighted by molar-refractivity contribution is -0.117. The Bertz CT molecular complexity index is 1220. The van der Waals surface area contributed by atoms with Crippen LogP contribution in [0.1, 0.15) is 30.9 Å². The Morgan fingerprint density at radius 1 is 1.15 bits per heavy atom. The molecular weight excluding hydrogens is 428 g/mol. The highest BCUT2D eigenvalue weighted by atomic mass is 16.5. The minimum Gasteiger partial charge on any atom is -0.490 e. The number of hydrogen-bond acceptors (Lipinski definition) is 5. The Balaban J connectivity index is 1.48. The number of benzene rings is 3. The quantitative estimate of drug-likeness (QED) is 0.361. The van der Waals surface area contributed by atoms with E-state index < -0.39 is 5.91 Å². The molecule has 3 aromatic rings. The maximum atomic E-state index is 12.5. The van der Waals surface area contributed by atoms with Crippen molar-refractivity contribution in [1.29, 1.82) is 5.26 Å². The largest absolute Gasteiger partial charge is 0.490 e. The maximum absolute atomic E-state index is 12.5. The van der Waals surface area contributed by atoms with E-state index in [1.165, 1.54) is 0 Å². The molecule has 0 bridgehead atoms. The average molecular weight is 457 g/mol. The molecule has 1 heterocycles. The minimum atomic E-state index is -0.410. The predicted molar refractivity (Wildman–Crippen MR) is 131 cm³/mol. The molecule has 174 valence electrons. The first kappa shape index (κ1) is 23.3. The zero-order valence-corrected chi connectivity index (χ0v) is 19.3. The summed E-state index contributed by atoms with van der Waals surface area (Å²) in [4.78, 5) is 12.5. The Hall–Kier alpha value is -3.82. The van der Waals surface area contributed by atoms with E-state index in [1.54, 1.807) is 18.2 Å². The molecule has 1 N–H and O–H groups in total. The van der Waals surface area contributed by atoms with Gasteiger partial charge >= 0.3 is 0 Å². The molecule has 6 nitrogen and oxygen atoms in total. The van der Waals surface area contributed by atoms with Gasteiger partial charge in [0, 0.05) is 13.2 Å². The first-order valence-corrected chi connectivity index (χ1v) is 11.6. The highest BCUT2D eigenvalue weighted by Crippen LogP contribution is 2.31. The molecule has 0 saturated carbocycles. The van der Waals surface area contributed by atoms with Gasteiger partial charge in [0.2, 0.25) is 0 Å². The summed E-state index contributed by atoms with van der Waals surface area (Å²) >= 11 is 0. The highest BCUT2D eigenvalue weighted by molar-refractivity contribution is 6.01. The second-order valence-corrected chi connectivity index (χ2v) is 8.08. The third-order valence-electron chi connectivity index (χ3n) is 5.72. The van der Waals surface area contributed by atoms with Gasteiger partial charge in [-0.05, 0) is 59.9 Å². The van der Waals surface area contributed by atoms with Crippen molar-refractivity contribution in [2.75, 3.05) is 19.8 Å². The Kier molecular flexibility index (Phi) is 7.79. The van der Waals surface area contributed by atoms with Crippen molar-refractivity contribution in [2.45, 2.75) is 32.5 Å². The molecule has 0 spiro atoms. The van der Waals surface area contributed by atoms with Gasteiger partial charge in [-0.2, -0.15) is 5.26 Å². The molecule has 0 radical (unpaired) electrons. The topological polar surface area (TPSA) is 80.6 Å². The van der Waals surface area contributed by atoms with E-state index in [1.807, 2.05) is 43.3 Å². The van der Waals surface area contributed by atoms with Crippen molar-refractivity contribution in [3.63, 3.8) is 0 Å². The van der Waals surface area contributed by atoms with Crippen LogP contribution >= 0.6 is 0 Å². The van der Waals surface area contributed by atoms with E-state index in [-0.39, 0.29) is 11.7 Å². The van der Waals surface area contributed by atoms with Crippen LogP contribution in [0.5, 0.6) is 11.5 Å². The summed E-state index contributed by atoms with van der Waals surface area (Å²) in [5.41, 5.74) is 1.80. The lowest BCUT2D eigenvalue weighted by Gasteiger charge is -2.14. The molecule has 4 rings (SSSR count). The summed E-state index contributed by atoms with van der Waals surface area (Å²) in [7, 11) is 0. The van der Waals surface area contributed by atoms with Gasteiger partial charge in [0.15, 0.2) is 11.5 Å². The Morgan fingerprint density at radius 2 is 2.00 bits per heavy atom. The SMILES string of the molecule is CCOc1cc(/C=C(\C#N)C(=O)NC[C@@H]2CCCO2)ccc1OCc1cccc2ccccc12. The number of nitriles is 1. The average Bonchev–Trinajstić information content (AvgIpc) is 3.39. The summed E-state index contributed by atoms with van der Waals surface area (Å²) in [6, 6.07) is 21.7. The molecule has 1 saturated heterocycles. The number of fused-ring (bicyclic) bond motifs is 1. The third-order valence-corrected chi connectivity index (χ3v) is 5.72. The normalized spacial score (nSPS) is 15.6. The van der Waals surface area contributed by atoms with Crippen molar-refractivity contribution in [3.8, 4) is 17.6 Å². The summed E-state index contributed by atoms with van der Waals surface area (Å²) in [6.45, 7) is 3.88. The number of carbonyl (C=O) groups is 1. The van der Waals surface area contributed by atoms with Gasteiger partial charge in [0.05, 0.1) is 12.7 Å². The van der Waals surface area contributed by atoms with Crippen molar-refractivity contribution >= 4 is 22.8 Å². The number of hydrogen-bond donors (Lipinski definition) is 1. The van der Waals surface area contributed by atoms with Crippen LogP contribution in [0.4, 0.5) is 0 Å². The van der Waals surface area contributed by atoms with E-state index in [0.717, 1.165) is 35.8 Å². The lowest BCUT2D eigenvalue weighted by atomic mass is 10.1.